The Kier molecular flexibility index (Phi) is 12.4. The Balaban J connectivity index is 0.00000353. The topological polar surface area (TPSA) is 112 Å². The summed E-state index contributed by atoms with van der Waals surface area (Å²) in [5, 5.41) is 32.3. The van der Waals surface area contributed by atoms with Gasteiger partial charge in [-0.05, 0) is 68.5 Å². The number of carbonyl (C=O) groups is 2. The monoisotopic (exact) mass is 618 g/mol. The molecule has 3 aromatic carbocycles. The third-order valence-electron chi connectivity index (χ3n) is 7.02. The first kappa shape index (κ1) is 35.1. The zero-order valence-electron chi connectivity index (χ0n) is 25.7. The summed E-state index contributed by atoms with van der Waals surface area (Å²) in [6.45, 7) is 3.72. The number of carboxylic acid groups (broad SMARTS) is 1. The Hall–Kier alpha value is -3.41. The zero-order chi connectivity index (χ0) is 31.3. The zero-order valence-corrected chi connectivity index (χ0v) is 26.7. The smallest absolute Gasteiger partial charge is 1.00 e. The fourth-order valence-electron chi connectivity index (χ4n) is 5.33. The van der Waals surface area contributed by atoms with Gasteiger partial charge in [0.15, 0.2) is 0 Å². The predicted molar refractivity (Wildman–Crippen MR) is 158 cm³/mol. The Morgan fingerprint density at radius 1 is 0.841 bits per heavy atom. The van der Waals surface area contributed by atoms with Crippen LogP contribution in [0.4, 0.5) is 18.9 Å². The van der Waals surface area contributed by atoms with Crippen molar-refractivity contribution in [3.8, 4) is 22.3 Å². The molecule has 7 nitrogen and oxygen atoms in total. The van der Waals surface area contributed by atoms with Gasteiger partial charge in [-0.3, -0.25) is 9.59 Å². The number of halogens is 3. The number of hydrogen-bond acceptors (Lipinski definition) is 4. The third kappa shape index (κ3) is 8.61. The van der Waals surface area contributed by atoms with Crippen LogP contribution in [-0.2, 0) is 11.2 Å². The van der Waals surface area contributed by atoms with Gasteiger partial charge in [0.25, 0.3) is 5.91 Å². The van der Waals surface area contributed by atoms with Gasteiger partial charge in [0, 0.05) is 34.6 Å². The van der Waals surface area contributed by atoms with Crippen LogP contribution in [0.1, 0.15) is 56.8 Å². The minimum atomic E-state index is -1.24. The average Bonchev–Trinajstić information content (AvgIpc) is 3.27. The third-order valence-corrected chi connectivity index (χ3v) is 7.02. The van der Waals surface area contributed by atoms with Gasteiger partial charge in [-0.1, -0.05) is 42.5 Å². The van der Waals surface area contributed by atoms with Crippen LogP contribution in [0.15, 0.2) is 72.8 Å². The van der Waals surface area contributed by atoms with E-state index in [4.69, 9.17) is 5.11 Å². The maximum Gasteiger partial charge on any atom is 1.00 e. The summed E-state index contributed by atoms with van der Waals surface area (Å²) in [4.78, 5) is 25.0. The van der Waals surface area contributed by atoms with Crippen molar-refractivity contribution in [2.24, 2.45) is 0 Å². The van der Waals surface area contributed by atoms with Crippen molar-refractivity contribution in [2.45, 2.75) is 57.8 Å². The van der Waals surface area contributed by atoms with Crippen LogP contribution in [-0.4, -0.2) is 44.0 Å². The molecule has 0 aliphatic heterocycles. The molecule has 0 fully saturated rings. The maximum atomic E-state index is 14.0. The molecule has 4 rings (SSSR count). The molecule has 228 valence electrons. The molecule has 0 unspecified atom stereocenters. The van der Waals surface area contributed by atoms with Gasteiger partial charge in [0.1, 0.15) is 23.1 Å². The number of aromatic nitrogens is 1. The molecule has 0 saturated heterocycles. The van der Waals surface area contributed by atoms with E-state index in [1.54, 1.807) is 28.8 Å². The van der Waals surface area contributed by atoms with Gasteiger partial charge in [-0.2, -0.15) is 0 Å². The summed E-state index contributed by atoms with van der Waals surface area (Å²) in [5.74, 6) is -3.99. The SMILES string of the molecule is CC(C)n1c(CC[C@@H](O)C[C@@H](O)CC(=O)O)c(-c2ccc(F)cc2)c(-c2ccccc2)c1C(=O)Nc1cc(F)cc(F)c1.[H-].[Na+]. The van der Waals surface area contributed by atoms with Crippen LogP contribution in [0.25, 0.3) is 22.3 Å². The van der Waals surface area contributed by atoms with Crippen molar-refractivity contribution in [3.63, 3.8) is 0 Å². The van der Waals surface area contributed by atoms with E-state index in [2.05, 4.69) is 5.32 Å². The van der Waals surface area contributed by atoms with Gasteiger partial charge in [0.05, 0.1) is 18.6 Å². The number of aliphatic hydroxyl groups excluding tert-OH is 2. The first-order valence-corrected chi connectivity index (χ1v) is 13.9. The van der Waals surface area contributed by atoms with Gasteiger partial charge in [0.2, 0.25) is 0 Å². The molecule has 0 aliphatic carbocycles. The molecule has 44 heavy (non-hydrogen) atoms. The van der Waals surface area contributed by atoms with Crippen molar-refractivity contribution in [1.82, 2.24) is 4.57 Å². The van der Waals surface area contributed by atoms with Crippen molar-refractivity contribution in [1.29, 1.82) is 0 Å². The number of hydrogen-bond donors (Lipinski definition) is 4. The van der Waals surface area contributed by atoms with E-state index in [9.17, 15) is 33.0 Å². The molecule has 1 aromatic heterocycles. The van der Waals surface area contributed by atoms with Gasteiger partial charge in [-0.15, -0.1) is 0 Å². The van der Waals surface area contributed by atoms with Crippen molar-refractivity contribution >= 4 is 17.6 Å². The van der Waals surface area contributed by atoms with Gasteiger partial charge >= 0.3 is 35.5 Å². The van der Waals surface area contributed by atoms with Crippen molar-refractivity contribution in [2.75, 3.05) is 5.32 Å². The van der Waals surface area contributed by atoms with Crippen LogP contribution in [0.5, 0.6) is 0 Å². The number of rotatable bonds is 12. The molecule has 0 saturated carbocycles. The van der Waals surface area contributed by atoms with E-state index in [1.165, 1.54) is 12.1 Å². The second-order valence-corrected chi connectivity index (χ2v) is 10.7. The summed E-state index contributed by atoms with van der Waals surface area (Å²) < 4.78 is 43.8. The Labute approximate surface area is 277 Å². The summed E-state index contributed by atoms with van der Waals surface area (Å²) in [6, 6.07) is 17.2. The van der Waals surface area contributed by atoms with Crippen LogP contribution in [0, 0.1) is 17.5 Å². The first-order valence-electron chi connectivity index (χ1n) is 13.9. The van der Waals surface area contributed by atoms with E-state index in [1.807, 2.05) is 32.0 Å². The van der Waals surface area contributed by atoms with Crippen molar-refractivity contribution < 1.29 is 69.1 Å². The normalized spacial score (nSPS) is 12.5. The number of anilines is 1. The molecule has 0 aliphatic rings. The predicted octanol–water partition coefficient (Wildman–Crippen LogP) is 3.71. The fourth-order valence-corrected chi connectivity index (χ4v) is 5.33. The van der Waals surface area contributed by atoms with Gasteiger partial charge < -0.3 is 26.6 Å². The minimum absolute atomic E-state index is 0. The summed E-state index contributed by atoms with van der Waals surface area (Å²) >= 11 is 0. The number of aliphatic carboxylic acids is 1. The average molecular weight is 619 g/mol. The molecule has 1 heterocycles. The summed E-state index contributed by atoms with van der Waals surface area (Å²) in [7, 11) is 0. The molecule has 1 amide bonds. The number of benzene rings is 3. The van der Waals surface area contributed by atoms with E-state index < -0.39 is 48.0 Å². The molecular weight excluding hydrogens is 584 g/mol. The molecule has 11 heteroatoms. The quantitative estimate of drug-likeness (QED) is 0.181. The molecule has 0 spiro atoms. The van der Waals surface area contributed by atoms with E-state index in [0.717, 1.165) is 12.1 Å². The largest absolute Gasteiger partial charge is 1.00 e. The molecule has 0 radical (unpaired) electrons. The Morgan fingerprint density at radius 2 is 1.43 bits per heavy atom. The minimum Gasteiger partial charge on any atom is -1.00 e. The number of nitrogens with one attached hydrogen (secondary N) is 1. The molecular formula is C33H34F3N2NaO5. The molecule has 2 atom stereocenters. The standard InChI is InChI=1S/C33H33F3N2O5.Na.H/c1-19(2)38-28(13-12-26(39)17-27(40)18-29(41)42)30(21-8-10-22(34)11-9-21)31(20-6-4-3-5-7-20)32(38)33(43)37-25-15-23(35)14-24(36)16-25;;/h3-11,14-16,19,26-27,39-40H,12-13,17-18H2,1-2H3,(H,37,43)(H,41,42);;/q;+1;-1/t26-,27-;;/m1../s1. The molecule has 4 aromatic rings. The molecule has 4 N–H and O–H groups in total. The van der Waals surface area contributed by atoms with Gasteiger partial charge in [-0.25, -0.2) is 13.2 Å². The van der Waals surface area contributed by atoms with E-state index in [-0.39, 0.29) is 67.7 Å². The van der Waals surface area contributed by atoms with Crippen LogP contribution in [0.3, 0.4) is 0 Å². The number of carboxylic acids is 1. The first-order chi connectivity index (χ1) is 20.4. The number of amides is 1. The number of carbonyl (C=O) groups excluding carboxylic acids is 1. The second-order valence-electron chi connectivity index (χ2n) is 10.7. The number of aliphatic hydroxyl groups is 2. The molecule has 0 bridgehead atoms. The Morgan fingerprint density at radius 3 is 2.00 bits per heavy atom. The maximum absolute atomic E-state index is 14.0. The van der Waals surface area contributed by atoms with E-state index in [0.29, 0.717) is 34.0 Å². The number of nitrogens with zero attached hydrogens (tertiary/aromatic N) is 1. The van der Waals surface area contributed by atoms with Crippen LogP contribution >= 0.6 is 0 Å². The van der Waals surface area contributed by atoms with Crippen molar-refractivity contribution in [3.05, 3.63) is 102 Å². The summed E-state index contributed by atoms with van der Waals surface area (Å²) in [6.07, 6.45) is -2.65. The van der Waals surface area contributed by atoms with E-state index >= 15 is 0 Å². The summed E-state index contributed by atoms with van der Waals surface area (Å²) in [5.41, 5.74) is 3.12. The van der Waals surface area contributed by atoms with Crippen LogP contribution < -0.4 is 34.9 Å². The second kappa shape index (κ2) is 15.5. The fraction of sp³-hybridized carbons (Fsp3) is 0.273. The van der Waals surface area contributed by atoms with Crippen LogP contribution in [0.2, 0.25) is 0 Å². The Bertz CT molecular complexity index is 1580.